The Morgan fingerprint density at radius 1 is 1.24 bits per heavy atom. The number of nitriles is 1. The maximum Gasteiger partial charge on any atom is 0.128 e. The first kappa shape index (κ1) is 13.8. The van der Waals surface area contributed by atoms with E-state index in [9.17, 15) is 0 Å². The fourth-order valence-electron chi connectivity index (χ4n) is 2.39. The van der Waals surface area contributed by atoms with Crippen LogP contribution >= 0.6 is 15.9 Å². The van der Waals surface area contributed by atoms with Crippen LogP contribution in [0.3, 0.4) is 0 Å². The van der Waals surface area contributed by atoms with Crippen LogP contribution in [0.1, 0.15) is 11.4 Å². The van der Waals surface area contributed by atoms with Crippen molar-refractivity contribution in [2.24, 2.45) is 5.73 Å². The molecule has 0 bridgehead atoms. The minimum absolute atomic E-state index is 0.269. The van der Waals surface area contributed by atoms with Gasteiger partial charge in [0.15, 0.2) is 0 Å². The number of benzene rings is 2. The fraction of sp³-hybridized carbons (Fsp3) is 0.125. The average molecular weight is 341 g/mol. The number of para-hydroxylation sites is 2. The van der Waals surface area contributed by atoms with Crippen LogP contribution in [0.5, 0.6) is 0 Å². The maximum absolute atomic E-state index is 9.02. The Morgan fingerprint density at radius 3 is 2.76 bits per heavy atom. The molecule has 0 aliphatic heterocycles. The summed E-state index contributed by atoms with van der Waals surface area (Å²) in [4.78, 5) is 4.55. The van der Waals surface area contributed by atoms with Gasteiger partial charge in [-0.2, -0.15) is 5.26 Å². The predicted octanol–water partition coefficient (Wildman–Crippen LogP) is 3.31. The van der Waals surface area contributed by atoms with Crippen molar-refractivity contribution in [3.8, 4) is 11.8 Å². The van der Waals surface area contributed by atoms with E-state index in [0.29, 0.717) is 6.54 Å². The molecular weight excluding hydrogens is 328 g/mol. The molecule has 0 aliphatic rings. The smallest absolute Gasteiger partial charge is 0.128 e. The average Bonchev–Trinajstić information content (AvgIpc) is 2.85. The van der Waals surface area contributed by atoms with Gasteiger partial charge in [0.1, 0.15) is 5.82 Å². The van der Waals surface area contributed by atoms with Crippen LogP contribution in [0.25, 0.3) is 16.7 Å². The first-order valence-corrected chi connectivity index (χ1v) is 7.36. The van der Waals surface area contributed by atoms with Crippen LogP contribution in [-0.4, -0.2) is 9.55 Å². The van der Waals surface area contributed by atoms with E-state index in [-0.39, 0.29) is 6.42 Å². The summed E-state index contributed by atoms with van der Waals surface area (Å²) in [5.41, 5.74) is 9.60. The van der Waals surface area contributed by atoms with Crippen LogP contribution in [0.2, 0.25) is 0 Å². The Bertz CT molecular complexity index is 845. The van der Waals surface area contributed by atoms with Gasteiger partial charge in [-0.15, -0.1) is 0 Å². The van der Waals surface area contributed by atoms with Crippen molar-refractivity contribution in [1.82, 2.24) is 9.55 Å². The van der Waals surface area contributed by atoms with Gasteiger partial charge >= 0.3 is 0 Å². The number of imidazole rings is 1. The van der Waals surface area contributed by atoms with Gasteiger partial charge in [0.05, 0.1) is 23.5 Å². The second-order valence-corrected chi connectivity index (χ2v) is 5.52. The van der Waals surface area contributed by atoms with E-state index in [2.05, 4.69) is 27.0 Å². The Hall–Kier alpha value is -2.16. The highest BCUT2D eigenvalue weighted by atomic mass is 79.9. The van der Waals surface area contributed by atoms with Crippen LogP contribution in [0, 0.1) is 11.3 Å². The molecule has 4 nitrogen and oxygen atoms in total. The van der Waals surface area contributed by atoms with E-state index in [0.717, 1.165) is 32.6 Å². The van der Waals surface area contributed by atoms with Gasteiger partial charge < -0.3 is 5.73 Å². The van der Waals surface area contributed by atoms with Crippen LogP contribution in [0.15, 0.2) is 46.9 Å². The monoisotopic (exact) mass is 340 g/mol. The van der Waals surface area contributed by atoms with Crippen molar-refractivity contribution < 1.29 is 0 Å². The van der Waals surface area contributed by atoms with Crippen LogP contribution in [0.4, 0.5) is 0 Å². The van der Waals surface area contributed by atoms with Crippen molar-refractivity contribution in [2.45, 2.75) is 13.0 Å². The minimum atomic E-state index is 0.269. The van der Waals surface area contributed by atoms with Gasteiger partial charge in [0.25, 0.3) is 0 Å². The standard InChI is InChI=1S/C16H13BrN4/c17-13-9-12(6-5-11(13)10-19)21-15-4-2-1-3-14(15)20-16(21)7-8-18/h1-6,9H,7,10,19H2. The predicted molar refractivity (Wildman–Crippen MR) is 86.0 cm³/mol. The zero-order valence-electron chi connectivity index (χ0n) is 11.3. The van der Waals surface area contributed by atoms with Crippen molar-refractivity contribution in [2.75, 3.05) is 0 Å². The highest BCUT2D eigenvalue weighted by Crippen LogP contribution is 2.26. The van der Waals surface area contributed by atoms with E-state index < -0.39 is 0 Å². The number of hydrogen-bond donors (Lipinski definition) is 1. The summed E-state index contributed by atoms with van der Waals surface area (Å²) in [7, 11) is 0. The largest absolute Gasteiger partial charge is 0.326 e. The SMILES string of the molecule is N#CCc1nc2ccccc2n1-c1ccc(CN)c(Br)c1. The molecule has 0 saturated heterocycles. The van der Waals surface area contributed by atoms with Gasteiger partial charge in [-0.3, -0.25) is 4.57 Å². The number of fused-ring (bicyclic) bond motifs is 1. The van der Waals surface area contributed by atoms with Gasteiger partial charge in [-0.05, 0) is 29.8 Å². The summed E-state index contributed by atoms with van der Waals surface area (Å²) in [5, 5.41) is 9.02. The molecule has 5 heteroatoms. The zero-order chi connectivity index (χ0) is 14.8. The lowest BCUT2D eigenvalue weighted by Crippen LogP contribution is -2.03. The molecule has 0 amide bonds. The van der Waals surface area contributed by atoms with Crippen LogP contribution < -0.4 is 5.73 Å². The second-order valence-electron chi connectivity index (χ2n) is 4.67. The number of hydrogen-bond acceptors (Lipinski definition) is 3. The lowest BCUT2D eigenvalue weighted by Gasteiger charge is -2.10. The lowest BCUT2D eigenvalue weighted by atomic mass is 10.2. The van der Waals surface area contributed by atoms with Crippen molar-refractivity contribution in [3.63, 3.8) is 0 Å². The van der Waals surface area contributed by atoms with Crippen molar-refractivity contribution in [3.05, 3.63) is 58.3 Å². The van der Waals surface area contributed by atoms with E-state index in [1.54, 1.807) is 0 Å². The molecule has 1 heterocycles. The molecule has 1 aromatic heterocycles. The third kappa shape index (κ3) is 2.44. The molecule has 0 unspecified atom stereocenters. The summed E-state index contributed by atoms with van der Waals surface area (Å²) in [6.07, 6.45) is 0.269. The van der Waals surface area contributed by atoms with Gasteiger partial charge in [0.2, 0.25) is 0 Å². The molecule has 2 aromatic carbocycles. The second kappa shape index (κ2) is 5.68. The highest BCUT2D eigenvalue weighted by Gasteiger charge is 2.12. The summed E-state index contributed by atoms with van der Waals surface area (Å²) in [6.45, 7) is 0.483. The topological polar surface area (TPSA) is 67.6 Å². The molecule has 0 atom stereocenters. The summed E-state index contributed by atoms with van der Waals surface area (Å²) >= 11 is 3.54. The molecule has 2 N–H and O–H groups in total. The fourth-order valence-corrected chi connectivity index (χ4v) is 2.92. The summed E-state index contributed by atoms with van der Waals surface area (Å²) in [6, 6.07) is 16.1. The van der Waals surface area contributed by atoms with E-state index in [1.165, 1.54) is 0 Å². The molecule has 0 saturated carbocycles. The normalized spacial score (nSPS) is 10.7. The molecule has 0 fully saturated rings. The van der Waals surface area contributed by atoms with Crippen molar-refractivity contribution >= 4 is 27.0 Å². The summed E-state index contributed by atoms with van der Waals surface area (Å²) < 4.78 is 2.98. The van der Waals surface area contributed by atoms with Gasteiger partial charge in [-0.1, -0.05) is 34.1 Å². The quantitative estimate of drug-likeness (QED) is 0.795. The molecule has 0 spiro atoms. The minimum Gasteiger partial charge on any atom is -0.326 e. The molecular formula is C16H13BrN4. The Morgan fingerprint density at radius 2 is 2.05 bits per heavy atom. The maximum atomic E-state index is 9.02. The number of nitrogens with zero attached hydrogens (tertiary/aromatic N) is 3. The third-order valence-corrected chi connectivity index (χ3v) is 4.12. The number of nitrogens with two attached hydrogens (primary N) is 1. The lowest BCUT2D eigenvalue weighted by molar-refractivity contribution is 0.949. The van der Waals surface area contributed by atoms with E-state index in [1.807, 2.05) is 47.0 Å². The first-order chi connectivity index (χ1) is 10.2. The molecule has 21 heavy (non-hydrogen) atoms. The van der Waals surface area contributed by atoms with E-state index >= 15 is 0 Å². The number of halogens is 1. The molecule has 104 valence electrons. The number of aromatic nitrogens is 2. The summed E-state index contributed by atoms with van der Waals surface area (Å²) in [5.74, 6) is 0.742. The van der Waals surface area contributed by atoms with Gasteiger partial charge in [0, 0.05) is 16.7 Å². The van der Waals surface area contributed by atoms with Crippen LogP contribution in [-0.2, 0) is 13.0 Å². The molecule has 0 aliphatic carbocycles. The van der Waals surface area contributed by atoms with Crippen molar-refractivity contribution in [1.29, 1.82) is 5.26 Å². The highest BCUT2D eigenvalue weighted by molar-refractivity contribution is 9.10. The van der Waals surface area contributed by atoms with Gasteiger partial charge in [-0.25, -0.2) is 4.98 Å². The molecule has 3 rings (SSSR count). The Labute approximate surface area is 131 Å². The zero-order valence-corrected chi connectivity index (χ0v) is 12.8. The first-order valence-electron chi connectivity index (χ1n) is 6.56. The Balaban J connectivity index is 2.25. The molecule has 3 aromatic rings. The van der Waals surface area contributed by atoms with E-state index in [4.69, 9.17) is 11.0 Å². The third-order valence-electron chi connectivity index (χ3n) is 3.38. The Kier molecular flexibility index (Phi) is 3.74. The number of rotatable bonds is 3. The molecule has 0 radical (unpaired) electrons.